The van der Waals surface area contributed by atoms with E-state index in [1.807, 2.05) is 0 Å². The molecule has 0 unspecified atom stereocenters. The van der Waals surface area contributed by atoms with Gasteiger partial charge in [-0.1, -0.05) is 6.92 Å². The standard InChI is InChI=1S/C24H22F6N8O2/c1-2-11(35-17-9-34-37-22(39)18(17)24(28,29)30)4-3-5-38-10-33-16-7-12(15(25)6-13(16)23(38)40)21-32-8-14(19(26)27)20(31)36-21/h6-11,19H,2-5H2,1H3,(H2,31,32,36)(H2,35,37,39)/t11-/m0/s1. The van der Waals surface area contributed by atoms with E-state index in [9.17, 15) is 35.9 Å². The number of fused-ring (bicyclic) bond motifs is 1. The molecule has 0 fully saturated rings. The maximum Gasteiger partial charge on any atom is 0.423 e. The normalized spacial score (nSPS) is 12.7. The molecule has 0 spiro atoms. The first-order valence-corrected chi connectivity index (χ1v) is 11.9. The zero-order chi connectivity index (χ0) is 29.2. The van der Waals surface area contributed by atoms with E-state index < -0.39 is 58.2 Å². The summed E-state index contributed by atoms with van der Waals surface area (Å²) in [7, 11) is 0. The predicted molar refractivity (Wildman–Crippen MR) is 133 cm³/mol. The molecule has 0 saturated heterocycles. The highest BCUT2D eigenvalue weighted by Gasteiger charge is 2.37. The molecule has 40 heavy (non-hydrogen) atoms. The third-order valence-corrected chi connectivity index (χ3v) is 6.18. The van der Waals surface area contributed by atoms with Crippen molar-refractivity contribution in [3.63, 3.8) is 0 Å². The molecular weight excluding hydrogens is 546 g/mol. The van der Waals surface area contributed by atoms with Gasteiger partial charge in [-0.05, 0) is 31.4 Å². The number of aryl methyl sites for hydroxylation is 1. The van der Waals surface area contributed by atoms with E-state index >= 15 is 0 Å². The lowest BCUT2D eigenvalue weighted by Crippen LogP contribution is -2.28. The Hall–Kier alpha value is -4.50. The van der Waals surface area contributed by atoms with Crippen LogP contribution in [0.2, 0.25) is 0 Å². The van der Waals surface area contributed by atoms with Crippen LogP contribution in [-0.4, -0.2) is 35.8 Å². The fourth-order valence-corrected chi connectivity index (χ4v) is 4.11. The molecule has 16 heteroatoms. The molecule has 1 aromatic carbocycles. The van der Waals surface area contributed by atoms with Crippen LogP contribution < -0.4 is 22.2 Å². The van der Waals surface area contributed by atoms with Gasteiger partial charge in [-0.3, -0.25) is 14.2 Å². The molecule has 0 saturated carbocycles. The van der Waals surface area contributed by atoms with Gasteiger partial charge in [-0.2, -0.15) is 18.3 Å². The Morgan fingerprint density at radius 3 is 2.55 bits per heavy atom. The van der Waals surface area contributed by atoms with Gasteiger partial charge in [0.2, 0.25) is 0 Å². The Balaban J connectivity index is 1.51. The lowest BCUT2D eigenvalue weighted by Gasteiger charge is -2.20. The zero-order valence-corrected chi connectivity index (χ0v) is 20.8. The van der Waals surface area contributed by atoms with Crippen LogP contribution in [0, 0.1) is 5.82 Å². The number of nitrogens with one attached hydrogen (secondary N) is 2. The highest BCUT2D eigenvalue weighted by atomic mass is 19.4. The first-order valence-electron chi connectivity index (χ1n) is 11.9. The van der Waals surface area contributed by atoms with Crippen LogP contribution in [0.4, 0.5) is 37.8 Å². The van der Waals surface area contributed by atoms with Crippen LogP contribution in [0.3, 0.4) is 0 Å². The van der Waals surface area contributed by atoms with Crippen LogP contribution >= 0.6 is 0 Å². The van der Waals surface area contributed by atoms with Crippen LogP contribution in [0.25, 0.3) is 22.3 Å². The average Bonchev–Trinajstić information content (AvgIpc) is 2.88. The number of aromatic amines is 1. The number of H-pyrrole nitrogens is 1. The number of nitrogens with two attached hydrogens (primary N) is 1. The van der Waals surface area contributed by atoms with Crippen molar-refractivity contribution in [1.29, 1.82) is 0 Å². The maximum atomic E-state index is 14.9. The second-order valence-electron chi connectivity index (χ2n) is 8.80. The van der Waals surface area contributed by atoms with Crippen LogP contribution in [0.1, 0.15) is 43.7 Å². The number of nitrogen functional groups attached to an aromatic ring is 1. The van der Waals surface area contributed by atoms with E-state index in [0.29, 0.717) is 19.3 Å². The second kappa shape index (κ2) is 11.3. The molecule has 4 N–H and O–H groups in total. The minimum absolute atomic E-state index is 0.0597. The average molecular weight is 568 g/mol. The van der Waals surface area contributed by atoms with E-state index in [1.54, 1.807) is 12.0 Å². The lowest BCUT2D eigenvalue weighted by molar-refractivity contribution is -0.138. The van der Waals surface area contributed by atoms with Crippen molar-refractivity contribution in [3.8, 4) is 11.4 Å². The smallest absolute Gasteiger partial charge is 0.383 e. The van der Waals surface area contributed by atoms with Crippen molar-refractivity contribution in [3.05, 3.63) is 68.5 Å². The molecule has 0 aliphatic rings. The van der Waals surface area contributed by atoms with Gasteiger partial charge in [-0.25, -0.2) is 33.2 Å². The van der Waals surface area contributed by atoms with Crippen molar-refractivity contribution in [2.24, 2.45) is 0 Å². The van der Waals surface area contributed by atoms with Gasteiger partial charge in [0.05, 0.1) is 40.2 Å². The fourth-order valence-electron chi connectivity index (χ4n) is 4.11. The molecule has 3 aromatic heterocycles. The van der Waals surface area contributed by atoms with Crippen molar-refractivity contribution in [1.82, 2.24) is 29.7 Å². The summed E-state index contributed by atoms with van der Waals surface area (Å²) in [5, 5.41) is 7.85. The fraction of sp³-hybridized carbons (Fsp3) is 0.333. The molecule has 0 amide bonds. The summed E-state index contributed by atoms with van der Waals surface area (Å²) >= 11 is 0. The highest BCUT2D eigenvalue weighted by Crippen LogP contribution is 2.32. The van der Waals surface area contributed by atoms with Crippen molar-refractivity contribution in [2.75, 3.05) is 11.1 Å². The maximum absolute atomic E-state index is 14.9. The van der Waals surface area contributed by atoms with Crippen LogP contribution in [0.15, 0.2) is 40.4 Å². The first-order chi connectivity index (χ1) is 18.9. The lowest BCUT2D eigenvalue weighted by atomic mass is 10.1. The summed E-state index contributed by atoms with van der Waals surface area (Å²) in [6, 6.07) is 1.67. The van der Waals surface area contributed by atoms with Gasteiger partial charge >= 0.3 is 6.18 Å². The van der Waals surface area contributed by atoms with Crippen molar-refractivity contribution >= 4 is 22.4 Å². The minimum atomic E-state index is -4.88. The van der Waals surface area contributed by atoms with E-state index in [1.165, 1.54) is 17.0 Å². The van der Waals surface area contributed by atoms with E-state index in [2.05, 4.69) is 25.4 Å². The van der Waals surface area contributed by atoms with Gasteiger partial charge in [0, 0.05) is 18.8 Å². The number of alkyl halides is 5. The summed E-state index contributed by atoms with van der Waals surface area (Å²) in [6.45, 7) is 1.87. The van der Waals surface area contributed by atoms with Crippen molar-refractivity contribution in [2.45, 2.75) is 51.4 Å². The van der Waals surface area contributed by atoms with Crippen LogP contribution in [-0.2, 0) is 12.7 Å². The zero-order valence-electron chi connectivity index (χ0n) is 20.8. The number of hydrogen-bond acceptors (Lipinski definition) is 8. The molecule has 212 valence electrons. The third kappa shape index (κ3) is 5.89. The highest BCUT2D eigenvalue weighted by molar-refractivity contribution is 5.82. The molecule has 0 aliphatic carbocycles. The van der Waals surface area contributed by atoms with E-state index in [0.717, 1.165) is 18.5 Å². The number of hydrogen-bond donors (Lipinski definition) is 3. The SMILES string of the molecule is CC[C@@H](CCCn1cnc2cc(-c3ncc(C(F)F)c(N)n3)c(F)cc2c1=O)Nc1cn[nH]c(=O)c1C(F)(F)F. The number of aromatic nitrogens is 6. The Labute approximate surface area is 221 Å². The summed E-state index contributed by atoms with van der Waals surface area (Å²) in [5.41, 5.74) is 1.09. The van der Waals surface area contributed by atoms with Gasteiger partial charge in [-0.15, -0.1) is 0 Å². The third-order valence-electron chi connectivity index (χ3n) is 6.18. The molecule has 10 nitrogen and oxygen atoms in total. The first kappa shape index (κ1) is 28.5. The monoisotopic (exact) mass is 568 g/mol. The van der Waals surface area contributed by atoms with E-state index in [4.69, 9.17) is 5.73 Å². The van der Waals surface area contributed by atoms with Crippen molar-refractivity contribution < 1.29 is 26.3 Å². The molecule has 4 aromatic rings. The summed E-state index contributed by atoms with van der Waals surface area (Å²) in [5.74, 6) is -1.65. The van der Waals surface area contributed by atoms with Gasteiger partial charge < -0.3 is 11.1 Å². The summed E-state index contributed by atoms with van der Waals surface area (Å²) in [6.07, 6.45) is -3.80. The molecule has 3 heterocycles. The predicted octanol–water partition coefficient (Wildman–Crippen LogP) is 4.29. The Morgan fingerprint density at radius 1 is 1.15 bits per heavy atom. The number of benzene rings is 1. The molecule has 4 rings (SSSR count). The van der Waals surface area contributed by atoms with Gasteiger partial charge in [0.25, 0.3) is 17.5 Å². The molecule has 1 atom stereocenters. The molecule has 0 radical (unpaired) electrons. The second-order valence-corrected chi connectivity index (χ2v) is 8.80. The number of halogens is 6. The summed E-state index contributed by atoms with van der Waals surface area (Å²) < 4.78 is 81.9. The Bertz CT molecular complexity index is 1650. The summed E-state index contributed by atoms with van der Waals surface area (Å²) in [4.78, 5) is 36.3. The minimum Gasteiger partial charge on any atom is -0.383 e. The molecule has 0 aliphatic heterocycles. The Kier molecular flexibility index (Phi) is 8.06. The number of anilines is 2. The Morgan fingerprint density at radius 2 is 1.90 bits per heavy atom. The van der Waals surface area contributed by atoms with Gasteiger partial charge in [0.15, 0.2) is 5.82 Å². The topological polar surface area (TPSA) is 144 Å². The number of rotatable bonds is 9. The molecular formula is C24H22F6N8O2. The largest absolute Gasteiger partial charge is 0.423 e. The van der Waals surface area contributed by atoms with Gasteiger partial charge in [0.1, 0.15) is 17.2 Å². The number of nitrogens with zero attached hydrogens (tertiary/aromatic N) is 5. The van der Waals surface area contributed by atoms with Crippen LogP contribution in [0.5, 0.6) is 0 Å². The molecule has 0 bridgehead atoms. The van der Waals surface area contributed by atoms with E-state index in [-0.39, 0.29) is 28.8 Å². The quantitative estimate of drug-likeness (QED) is 0.254.